The minimum atomic E-state index is -0.194. The van der Waals surface area contributed by atoms with Crippen molar-refractivity contribution in [3.8, 4) is 0 Å². The Bertz CT molecular complexity index is 928. The summed E-state index contributed by atoms with van der Waals surface area (Å²) >= 11 is 7.36. The highest BCUT2D eigenvalue weighted by Gasteiger charge is 2.30. The summed E-state index contributed by atoms with van der Waals surface area (Å²) in [6.07, 6.45) is 2.73. The second-order valence-corrected chi connectivity index (χ2v) is 8.66. The third-order valence-electron chi connectivity index (χ3n) is 4.40. The van der Waals surface area contributed by atoms with Gasteiger partial charge in [0.2, 0.25) is 5.91 Å². The van der Waals surface area contributed by atoms with Crippen molar-refractivity contribution in [3.63, 3.8) is 0 Å². The zero-order valence-electron chi connectivity index (χ0n) is 17.1. The van der Waals surface area contributed by atoms with Crippen LogP contribution in [-0.2, 0) is 14.3 Å². The number of thioether (sulfide) groups is 1. The SMILES string of the molecule is CC(C)OCCCNC(=O)CN1C(=O)C(=Cc2ccc(Cl)cc2)Sc2ccccc21. The van der Waals surface area contributed by atoms with Crippen LogP contribution >= 0.6 is 23.4 Å². The van der Waals surface area contributed by atoms with E-state index >= 15 is 0 Å². The van der Waals surface area contributed by atoms with Gasteiger partial charge in [-0.1, -0.05) is 47.6 Å². The topological polar surface area (TPSA) is 58.6 Å². The van der Waals surface area contributed by atoms with Crippen molar-refractivity contribution in [2.45, 2.75) is 31.3 Å². The van der Waals surface area contributed by atoms with Gasteiger partial charge in [0, 0.05) is 23.1 Å². The second-order valence-electron chi connectivity index (χ2n) is 7.14. The van der Waals surface area contributed by atoms with E-state index in [0.29, 0.717) is 23.1 Å². The molecule has 0 aromatic heterocycles. The molecule has 1 N–H and O–H groups in total. The molecule has 30 heavy (non-hydrogen) atoms. The minimum Gasteiger partial charge on any atom is -0.379 e. The fourth-order valence-electron chi connectivity index (χ4n) is 2.95. The number of hydrogen-bond acceptors (Lipinski definition) is 4. The van der Waals surface area contributed by atoms with Crippen LogP contribution in [0.3, 0.4) is 0 Å². The number of carbonyl (C=O) groups is 2. The number of benzene rings is 2. The molecule has 1 aliphatic rings. The lowest BCUT2D eigenvalue weighted by Gasteiger charge is -2.29. The molecule has 0 spiro atoms. The fraction of sp³-hybridized carbons (Fsp3) is 0.304. The molecule has 7 heteroatoms. The lowest BCUT2D eigenvalue weighted by Crippen LogP contribution is -2.43. The van der Waals surface area contributed by atoms with Gasteiger partial charge >= 0.3 is 0 Å². The first-order valence-electron chi connectivity index (χ1n) is 9.88. The summed E-state index contributed by atoms with van der Waals surface area (Å²) in [7, 11) is 0. The van der Waals surface area contributed by atoms with Crippen molar-refractivity contribution in [2.24, 2.45) is 0 Å². The highest BCUT2D eigenvalue weighted by Crippen LogP contribution is 2.41. The van der Waals surface area contributed by atoms with Crippen LogP contribution in [0.5, 0.6) is 0 Å². The van der Waals surface area contributed by atoms with Gasteiger partial charge < -0.3 is 10.1 Å². The molecule has 3 rings (SSSR count). The zero-order chi connectivity index (χ0) is 21.5. The highest BCUT2D eigenvalue weighted by atomic mass is 35.5. The fourth-order valence-corrected chi connectivity index (χ4v) is 4.13. The van der Waals surface area contributed by atoms with Crippen LogP contribution in [-0.4, -0.2) is 37.6 Å². The lowest BCUT2D eigenvalue weighted by atomic mass is 10.2. The summed E-state index contributed by atoms with van der Waals surface area (Å²) in [5.41, 5.74) is 1.63. The number of ether oxygens (including phenoxy) is 1. The van der Waals surface area contributed by atoms with Crippen molar-refractivity contribution < 1.29 is 14.3 Å². The normalized spacial score (nSPS) is 14.9. The number of rotatable bonds is 8. The van der Waals surface area contributed by atoms with Crippen LogP contribution in [0.25, 0.3) is 6.08 Å². The van der Waals surface area contributed by atoms with E-state index in [1.54, 1.807) is 12.1 Å². The molecule has 0 bridgehead atoms. The van der Waals surface area contributed by atoms with Crippen molar-refractivity contribution in [3.05, 3.63) is 64.0 Å². The number of amides is 2. The minimum absolute atomic E-state index is 0.0284. The summed E-state index contributed by atoms with van der Waals surface area (Å²) in [6, 6.07) is 14.9. The standard InChI is InChI=1S/C23H25ClN2O3S/c1-16(2)29-13-5-12-25-22(27)15-26-19-6-3-4-7-20(19)30-21(23(26)28)14-17-8-10-18(24)11-9-17/h3-4,6-11,14,16H,5,12-13,15H2,1-2H3,(H,25,27). The van der Waals surface area contributed by atoms with Gasteiger partial charge in [-0.25, -0.2) is 0 Å². The monoisotopic (exact) mass is 444 g/mol. The largest absolute Gasteiger partial charge is 0.379 e. The number of hydrogen-bond donors (Lipinski definition) is 1. The molecule has 158 valence electrons. The third kappa shape index (κ3) is 6.11. The number of fused-ring (bicyclic) bond motifs is 1. The van der Waals surface area contributed by atoms with Crippen LogP contribution < -0.4 is 10.2 Å². The number of nitrogens with one attached hydrogen (secondary N) is 1. The maximum atomic E-state index is 13.2. The van der Waals surface area contributed by atoms with E-state index in [9.17, 15) is 9.59 Å². The summed E-state index contributed by atoms with van der Waals surface area (Å²) in [4.78, 5) is 28.7. The Morgan fingerprint density at radius 3 is 2.67 bits per heavy atom. The Morgan fingerprint density at radius 2 is 1.93 bits per heavy atom. The van der Waals surface area contributed by atoms with Gasteiger partial charge in [-0.3, -0.25) is 14.5 Å². The Labute approximate surface area is 186 Å². The van der Waals surface area contributed by atoms with Crippen molar-refractivity contribution in [1.29, 1.82) is 0 Å². The molecule has 1 heterocycles. The molecular formula is C23H25ClN2O3S. The Hall–Kier alpha value is -2.28. The molecule has 0 radical (unpaired) electrons. The first-order valence-corrected chi connectivity index (χ1v) is 11.1. The number of anilines is 1. The van der Waals surface area contributed by atoms with Gasteiger partial charge in [-0.15, -0.1) is 0 Å². The smallest absolute Gasteiger partial charge is 0.265 e. The Kier molecular flexibility index (Phi) is 7.96. The second kappa shape index (κ2) is 10.7. The molecule has 0 atom stereocenters. The number of halogens is 1. The van der Waals surface area contributed by atoms with E-state index in [4.69, 9.17) is 16.3 Å². The molecule has 0 saturated heterocycles. The Morgan fingerprint density at radius 1 is 1.20 bits per heavy atom. The molecule has 2 aromatic rings. The van der Waals surface area contributed by atoms with Gasteiger partial charge in [0.25, 0.3) is 5.91 Å². The summed E-state index contributed by atoms with van der Waals surface area (Å²) < 4.78 is 5.48. The van der Waals surface area contributed by atoms with Crippen molar-refractivity contribution in [1.82, 2.24) is 5.32 Å². The molecule has 0 unspecified atom stereocenters. The van der Waals surface area contributed by atoms with Gasteiger partial charge in [0.1, 0.15) is 6.54 Å². The van der Waals surface area contributed by atoms with Crippen molar-refractivity contribution >= 4 is 46.9 Å². The predicted octanol–water partition coefficient (Wildman–Crippen LogP) is 4.75. The predicted molar refractivity (Wildman–Crippen MR) is 123 cm³/mol. The third-order valence-corrected chi connectivity index (χ3v) is 5.73. The van der Waals surface area contributed by atoms with Gasteiger partial charge in [0.15, 0.2) is 0 Å². The molecule has 0 saturated carbocycles. The van der Waals surface area contributed by atoms with E-state index in [0.717, 1.165) is 22.6 Å². The van der Waals surface area contributed by atoms with Crippen LogP contribution in [0.15, 0.2) is 58.3 Å². The van der Waals surface area contributed by atoms with Crippen LogP contribution in [0.4, 0.5) is 5.69 Å². The summed E-state index contributed by atoms with van der Waals surface area (Å²) in [5.74, 6) is -0.382. The van der Waals surface area contributed by atoms with Crippen molar-refractivity contribution in [2.75, 3.05) is 24.6 Å². The molecule has 0 fully saturated rings. The van der Waals surface area contributed by atoms with Crippen LogP contribution in [0, 0.1) is 0 Å². The lowest BCUT2D eigenvalue weighted by molar-refractivity contribution is -0.122. The molecule has 5 nitrogen and oxygen atoms in total. The molecule has 0 aliphatic carbocycles. The van der Waals surface area contributed by atoms with Gasteiger partial charge in [-0.05, 0) is 56.2 Å². The quantitative estimate of drug-likeness (QED) is 0.471. The van der Waals surface area contributed by atoms with Gasteiger partial charge in [-0.2, -0.15) is 0 Å². The first-order chi connectivity index (χ1) is 14.4. The van der Waals surface area contributed by atoms with E-state index < -0.39 is 0 Å². The summed E-state index contributed by atoms with van der Waals surface area (Å²) in [5, 5.41) is 3.51. The van der Waals surface area contributed by atoms with E-state index in [2.05, 4.69) is 5.32 Å². The average molecular weight is 445 g/mol. The molecule has 2 aromatic carbocycles. The van der Waals surface area contributed by atoms with Crippen LogP contribution in [0.2, 0.25) is 5.02 Å². The highest BCUT2D eigenvalue weighted by molar-refractivity contribution is 8.04. The van der Waals surface area contributed by atoms with E-state index in [1.807, 2.05) is 56.3 Å². The zero-order valence-corrected chi connectivity index (χ0v) is 18.6. The van der Waals surface area contributed by atoms with Gasteiger partial charge in [0.05, 0.1) is 16.7 Å². The summed E-state index contributed by atoms with van der Waals surface area (Å²) in [6.45, 7) is 5.03. The first kappa shape index (κ1) is 22.4. The number of nitrogens with zero attached hydrogens (tertiary/aromatic N) is 1. The van der Waals surface area contributed by atoms with E-state index in [-0.39, 0.29) is 24.5 Å². The molecule has 2 amide bonds. The average Bonchev–Trinajstić information content (AvgIpc) is 2.72. The maximum Gasteiger partial charge on any atom is 0.265 e. The molecule has 1 aliphatic heterocycles. The number of para-hydroxylation sites is 1. The van der Waals surface area contributed by atoms with Crippen LogP contribution in [0.1, 0.15) is 25.8 Å². The Balaban J connectivity index is 1.71. The van der Waals surface area contributed by atoms with E-state index in [1.165, 1.54) is 16.7 Å². The maximum absolute atomic E-state index is 13.2. The molecular weight excluding hydrogens is 420 g/mol. The number of carbonyl (C=O) groups excluding carboxylic acids is 2.